The maximum atomic E-state index is 13.5. The molecule has 2 N–H and O–H groups in total. The van der Waals surface area contributed by atoms with E-state index in [4.69, 9.17) is 48.4 Å². The average molecular weight is 767 g/mol. The van der Waals surface area contributed by atoms with E-state index >= 15 is 0 Å². The fraction of sp³-hybridized carbons (Fsp3) is 0.732. The van der Waals surface area contributed by atoms with Gasteiger partial charge in [0.25, 0.3) is 0 Å². The van der Waals surface area contributed by atoms with E-state index in [0.717, 1.165) is 17.6 Å². The van der Waals surface area contributed by atoms with Gasteiger partial charge in [-0.3, -0.25) is 9.69 Å². The van der Waals surface area contributed by atoms with Crippen molar-refractivity contribution < 1.29 is 57.0 Å². The number of ether oxygens (including phenoxy) is 9. The van der Waals surface area contributed by atoms with Gasteiger partial charge in [0.2, 0.25) is 6.29 Å². The van der Waals surface area contributed by atoms with Crippen molar-refractivity contribution in [2.24, 2.45) is 35.0 Å². The molecule has 5 heterocycles. The molecule has 55 heavy (non-hydrogen) atoms. The van der Waals surface area contributed by atoms with E-state index in [2.05, 4.69) is 27.7 Å². The normalized spacial score (nSPS) is 44.1. The molecule has 300 valence electrons. The maximum absolute atomic E-state index is 13.5. The van der Waals surface area contributed by atoms with E-state index in [0.29, 0.717) is 36.6 Å². The standard InChI is InChI=1S/C41H54N2O12/c1-9-43(38(46)48-15-23-10-11-27(26(42)14-23)52-37-30(51-22(7)44)20(5)19(4)21(6)50-37)17-49-33-29-32-31(53-32)28-25-16-47-36(45)24(25)12-13-39(28,8)41(29)35(55-41)34-40(33,54-34)18(2)3/h10-11,14,18-21,28-35,37H,9,12-13,15-17,42H2,1-8H3/t19-,20-,21?,28+,29?,30?,31-,32+,33?,34-,35-,37-,39-,40+,41+/m0/s1. The maximum Gasteiger partial charge on any atom is 0.411 e. The number of esters is 2. The Morgan fingerprint density at radius 3 is 2.56 bits per heavy atom. The van der Waals surface area contributed by atoms with Crippen molar-refractivity contribution in [3.05, 3.63) is 34.9 Å². The molecule has 14 nitrogen and oxygen atoms in total. The smallest absolute Gasteiger partial charge is 0.411 e. The van der Waals surface area contributed by atoms with Crippen LogP contribution in [-0.2, 0) is 54.1 Å². The predicted octanol–water partition coefficient (Wildman–Crippen LogP) is 4.51. The van der Waals surface area contributed by atoms with Gasteiger partial charge in [0.1, 0.15) is 49.1 Å². The molecule has 14 heteroatoms. The summed E-state index contributed by atoms with van der Waals surface area (Å²) in [5.41, 5.74) is 7.96. The molecule has 0 aromatic heterocycles. The van der Waals surface area contributed by atoms with Gasteiger partial charge in [-0.25, -0.2) is 9.59 Å². The second kappa shape index (κ2) is 12.8. The molecule has 6 fully saturated rings. The lowest BCUT2D eigenvalue weighted by Gasteiger charge is -2.54. The van der Waals surface area contributed by atoms with Crippen molar-refractivity contribution in [2.75, 3.05) is 25.6 Å². The van der Waals surface area contributed by atoms with Crippen LogP contribution in [0.5, 0.6) is 5.75 Å². The zero-order chi connectivity index (χ0) is 38.9. The highest BCUT2D eigenvalue weighted by atomic mass is 16.7. The number of carbonyl (C=O) groups excluding carboxylic acids is 3. The van der Waals surface area contributed by atoms with E-state index in [9.17, 15) is 14.4 Å². The number of hydrogen-bond acceptors (Lipinski definition) is 13. The highest BCUT2D eigenvalue weighted by molar-refractivity contribution is 5.92. The summed E-state index contributed by atoms with van der Waals surface area (Å²) < 4.78 is 56.0. The molecule has 8 aliphatic rings. The Morgan fingerprint density at radius 1 is 1.07 bits per heavy atom. The fourth-order valence-corrected chi connectivity index (χ4v) is 11.3. The van der Waals surface area contributed by atoms with Crippen LogP contribution in [0, 0.1) is 35.0 Å². The van der Waals surface area contributed by atoms with Gasteiger partial charge >= 0.3 is 18.0 Å². The molecule has 1 aromatic rings. The molecular formula is C41H54N2O12. The number of epoxide rings is 3. The number of cyclic esters (lactones) is 1. The van der Waals surface area contributed by atoms with E-state index in [1.165, 1.54) is 11.8 Å². The van der Waals surface area contributed by atoms with E-state index in [1.54, 1.807) is 18.2 Å². The van der Waals surface area contributed by atoms with Crippen LogP contribution in [0.15, 0.2) is 29.3 Å². The number of fused-ring (bicyclic) bond motifs is 7. The topological polar surface area (TPSA) is 173 Å². The molecule has 0 bridgehead atoms. The predicted molar refractivity (Wildman–Crippen MR) is 193 cm³/mol. The van der Waals surface area contributed by atoms with Crippen LogP contribution >= 0.6 is 0 Å². The van der Waals surface area contributed by atoms with Crippen molar-refractivity contribution in [3.8, 4) is 5.75 Å². The summed E-state index contributed by atoms with van der Waals surface area (Å²) in [6, 6.07) is 5.17. The molecule has 15 atom stereocenters. The van der Waals surface area contributed by atoms with Crippen LogP contribution in [0.4, 0.5) is 10.5 Å². The molecule has 5 aliphatic heterocycles. The molecule has 3 aliphatic carbocycles. The summed E-state index contributed by atoms with van der Waals surface area (Å²) >= 11 is 0. The fourth-order valence-electron chi connectivity index (χ4n) is 11.3. The Bertz CT molecular complexity index is 1820. The molecule has 2 saturated carbocycles. The van der Waals surface area contributed by atoms with Gasteiger partial charge in [-0.05, 0) is 61.8 Å². The van der Waals surface area contributed by atoms with Crippen LogP contribution in [0.25, 0.3) is 0 Å². The largest absolute Gasteiger partial charge is 0.459 e. The van der Waals surface area contributed by atoms with Crippen LogP contribution in [-0.4, -0.2) is 103 Å². The zero-order valence-corrected chi connectivity index (χ0v) is 32.9. The zero-order valence-electron chi connectivity index (χ0n) is 32.9. The number of anilines is 1. The summed E-state index contributed by atoms with van der Waals surface area (Å²) in [4.78, 5) is 39.5. The van der Waals surface area contributed by atoms with E-state index in [-0.39, 0.29) is 90.9 Å². The third-order valence-corrected chi connectivity index (χ3v) is 14.7. The number of rotatable bonds is 10. The number of benzene rings is 1. The Kier molecular flexibility index (Phi) is 8.64. The van der Waals surface area contributed by atoms with Gasteiger partial charge in [-0.1, -0.05) is 40.7 Å². The minimum absolute atomic E-state index is 0.00566. The van der Waals surface area contributed by atoms with Crippen LogP contribution in [0.2, 0.25) is 0 Å². The number of carbonyl (C=O) groups is 3. The van der Waals surface area contributed by atoms with Crippen molar-refractivity contribution in [1.82, 2.24) is 4.90 Å². The first-order chi connectivity index (χ1) is 26.2. The SMILES string of the molecule is CCN(COC1C2[C@H]3O[C@H]3[C@H]3C4=C(CC[C@]3(C)[C@@]23O[C@H]3[C@@H]2O[C@]12C(C)C)C(=O)OC4)C(=O)OCc1ccc(O[C@@H]2OC(C)[C@@H](C)[C@H](C)C2OC(C)=O)c(N)c1. The minimum Gasteiger partial charge on any atom is -0.459 e. The second-order valence-electron chi connectivity index (χ2n) is 17.6. The van der Waals surface area contributed by atoms with Crippen LogP contribution < -0.4 is 10.5 Å². The highest BCUT2D eigenvalue weighted by Gasteiger charge is 2.93. The first-order valence-corrected chi connectivity index (χ1v) is 20.0. The summed E-state index contributed by atoms with van der Waals surface area (Å²) in [6.07, 6.45) is -1.32. The van der Waals surface area contributed by atoms with Crippen molar-refractivity contribution in [3.63, 3.8) is 0 Å². The van der Waals surface area contributed by atoms with Gasteiger partial charge in [0.15, 0.2) is 6.10 Å². The Balaban J connectivity index is 0.871. The molecule has 4 unspecified atom stereocenters. The number of amides is 1. The summed E-state index contributed by atoms with van der Waals surface area (Å²) in [5.74, 6) is 0.0229. The van der Waals surface area contributed by atoms with Gasteiger partial charge in [-0.2, -0.15) is 0 Å². The lowest BCUT2D eigenvalue weighted by molar-refractivity contribution is -0.242. The quantitative estimate of drug-likeness (QED) is 0.116. The third-order valence-electron chi connectivity index (χ3n) is 14.7. The molecular weight excluding hydrogens is 712 g/mol. The van der Waals surface area contributed by atoms with Gasteiger partial charge in [-0.15, -0.1) is 0 Å². The summed E-state index contributed by atoms with van der Waals surface area (Å²) in [5, 5.41) is 0. The number of nitrogens with zero attached hydrogens (tertiary/aromatic N) is 1. The Morgan fingerprint density at radius 2 is 1.85 bits per heavy atom. The molecule has 4 saturated heterocycles. The monoisotopic (exact) mass is 766 g/mol. The van der Waals surface area contributed by atoms with E-state index in [1.807, 2.05) is 20.8 Å². The van der Waals surface area contributed by atoms with Crippen LogP contribution in [0.1, 0.15) is 73.8 Å². The molecule has 1 amide bonds. The van der Waals surface area contributed by atoms with Gasteiger partial charge in [0, 0.05) is 42.2 Å². The highest BCUT2D eigenvalue weighted by Crippen LogP contribution is 2.79. The molecule has 9 rings (SSSR count). The summed E-state index contributed by atoms with van der Waals surface area (Å²) in [6.45, 7) is 16.6. The average Bonchev–Trinajstić information content (AvgIpc) is 4.06. The van der Waals surface area contributed by atoms with Crippen molar-refractivity contribution in [2.45, 2.75) is 135 Å². The van der Waals surface area contributed by atoms with E-state index < -0.39 is 35.7 Å². The lowest BCUT2D eigenvalue weighted by atomic mass is 9.47. The first kappa shape index (κ1) is 37.2. The Hall–Kier alpha value is -3.43. The number of nitrogen functional groups attached to an aromatic ring is 1. The molecule has 1 spiro atoms. The third kappa shape index (κ3) is 5.33. The van der Waals surface area contributed by atoms with Gasteiger partial charge in [0.05, 0.1) is 30.1 Å². The van der Waals surface area contributed by atoms with Crippen LogP contribution in [0.3, 0.4) is 0 Å². The molecule has 1 aromatic carbocycles. The second-order valence-corrected chi connectivity index (χ2v) is 17.6. The minimum atomic E-state index is -0.826. The van der Waals surface area contributed by atoms with Crippen molar-refractivity contribution >= 4 is 23.7 Å². The first-order valence-electron chi connectivity index (χ1n) is 20.0. The molecule has 0 radical (unpaired) electrons. The lowest BCUT2D eigenvalue weighted by Crippen LogP contribution is -2.66. The number of nitrogens with two attached hydrogens (primary N) is 1. The number of hydrogen-bond donors (Lipinski definition) is 1. The van der Waals surface area contributed by atoms with Gasteiger partial charge < -0.3 is 48.4 Å². The van der Waals surface area contributed by atoms with Crippen molar-refractivity contribution in [1.29, 1.82) is 0 Å². The summed E-state index contributed by atoms with van der Waals surface area (Å²) in [7, 11) is 0. The Labute approximate surface area is 321 Å².